The Balaban J connectivity index is 2.02. The Morgan fingerprint density at radius 2 is 1.93 bits per heavy atom. The van der Waals surface area contributed by atoms with Crippen LogP contribution in [0, 0.1) is 5.92 Å². The molecule has 0 spiro atoms. The van der Waals surface area contributed by atoms with Gasteiger partial charge in [-0.2, -0.15) is 0 Å². The minimum Gasteiger partial charge on any atom is -0.302 e. The van der Waals surface area contributed by atoms with Crippen molar-refractivity contribution in [1.82, 2.24) is 4.90 Å². The first-order valence-electron chi connectivity index (χ1n) is 6.60. The normalized spacial score (nSPS) is 28.2. The average Bonchev–Trinajstić information content (AvgIpc) is 2.23. The lowest BCUT2D eigenvalue weighted by atomic mass is 9.99. The van der Waals surface area contributed by atoms with E-state index in [1.807, 2.05) is 0 Å². The number of halogens is 1. The lowest BCUT2D eigenvalue weighted by Gasteiger charge is -2.34. The Morgan fingerprint density at radius 3 is 2.60 bits per heavy atom. The van der Waals surface area contributed by atoms with Gasteiger partial charge in [0.05, 0.1) is 0 Å². The fraction of sp³-hybridized carbons (Fsp3) is 1.00. The first kappa shape index (κ1) is 13.5. The van der Waals surface area contributed by atoms with E-state index in [2.05, 4.69) is 34.7 Å². The van der Waals surface area contributed by atoms with Crippen LogP contribution in [0.25, 0.3) is 0 Å². The van der Waals surface area contributed by atoms with E-state index >= 15 is 0 Å². The Morgan fingerprint density at radius 1 is 1.20 bits per heavy atom. The predicted octanol–water partition coefficient (Wildman–Crippen LogP) is 4.06. The van der Waals surface area contributed by atoms with E-state index in [0.717, 1.165) is 10.7 Å². The quantitative estimate of drug-likeness (QED) is 0.522. The van der Waals surface area contributed by atoms with Gasteiger partial charge in [-0.25, -0.2) is 0 Å². The van der Waals surface area contributed by atoms with Gasteiger partial charge in [0.2, 0.25) is 0 Å². The molecule has 1 aliphatic heterocycles. The Hall–Kier alpha value is 0.440. The van der Waals surface area contributed by atoms with Crippen molar-refractivity contribution < 1.29 is 0 Å². The lowest BCUT2D eigenvalue weighted by Crippen LogP contribution is -2.40. The van der Waals surface area contributed by atoms with Gasteiger partial charge in [-0.15, -0.1) is 0 Å². The van der Waals surface area contributed by atoms with E-state index in [4.69, 9.17) is 0 Å². The molecule has 1 fully saturated rings. The molecular formula is C13H26BrN. The van der Waals surface area contributed by atoms with E-state index < -0.39 is 0 Å². The fourth-order valence-electron chi connectivity index (χ4n) is 2.23. The van der Waals surface area contributed by atoms with Gasteiger partial charge in [-0.05, 0) is 31.8 Å². The third-order valence-electron chi connectivity index (χ3n) is 3.53. The summed E-state index contributed by atoms with van der Waals surface area (Å²) in [6.45, 7) is 8.53. The first-order valence-corrected chi connectivity index (χ1v) is 7.52. The average molecular weight is 276 g/mol. The van der Waals surface area contributed by atoms with E-state index in [0.29, 0.717) is 0 Å². The Kier molecular flexibility index (Phi) is 6.91. The molecule has 2 unspecified atom stereocenters. The monoisotopic (exact) mass is 275 g/mol. The summed E-state index contributed by atoms with van der Waals surface area (Å²) in [5.74, 6) is 0.862. The molecule has 90 valence electrons. The van der Waals surface area contributed by atoms with Gasteiger partial charge in [-0.3, -0.25) is 0 Å². The molecule has 1 nitrogen and oxygen atoms in total. The van der Waals surface area contributed by atoms with Crippen molar-refractivity contribution in [3.05, 3.63) is 0 Å². The zero-order chi connectivity index (χ0) is 11.1. The van der Waals surface area contributed by atoms with E-state index in [-0.39, 0.29) is 0 Å². The first-order chi connectivity index (χ1) is 7.24. The van der Waals surface area contributed by atoms with Gasteiger partial charge in [-0.1, -0.05) is 55.5 Å². The number of hydrogen-bond acceptors (Lipinski definition) is 1. The fourth-order valence-corrected chi connectivity index (χ4v) is 2.90. The number of rotatable bonds is 6. The highest BCUT2D eigenvalue weighted by Gasteiger charge is 2.23. The Labute approximate surface area is 104 Å². The summed E-state index contributed by atoms with van der Waals surface area (Å²) in [6, 6.07) is 0. The minimum absolute atomic E-state index is 0.724. The number of alkyl halides is 1. The maximum Gasteiger partial charge on any atom is 0.0299 e. The van der Waals surface area contributed by atoms with Crippen LogP contribution in [-0.4, -0.2) is 29.4 Å². The second kappa shape index (κ2) is 7.67. The molecule has 2 heteroatoms. The second-order valence-corrected chi connectivity index (χ2v) is 6.17. The van der Waals surface area contributed by atoms with Gasteiger partial charge >= 0.3 is 0 Å². The van der Waals surface area contributed by atoms with Crippen LogP contribution in [-0.2, 0) is 0 Å². The van der Waals surface area contributed by atoms with Crippen molar-refractivity contribution in [2.45, 2.75) is 57.2 Å². The smallest absolute Gasteiger partial charge is 0.0299 e. The van der Waals surface area contributed by atoms with Crippen LogP contribution in [0.4, 0.5) is 0 Å². The second-order valence-electron chi connectivity index (χ2n) is 5.00. The van der Waals surface area contributed by atoms with E-state index in [1.165, 1.54) is 58.2 Å². The van der Waals surface area contributed by atoms with Gasteiger partial charge in [0.25, 0.3) is 0 Å². The third-order valence-corrected chi connectivity index (χ3v) is 4.72. The summed E-state index contributed by atoms with van der Waals surface area (Å²) in [5, 5.41) is 0. The molecule has 0 aromatic rings. The number of likely N-dealkylation sites (tertiary alicyclic amines) is 1. The largest absolute Gasteiger partial charge is 0.302 e. The topological polar surface area (TPSA) is 3.24 Å². The van der Waals surface area contributed by atoms with Crippen molar-refractivity contribution in [1.29, 1.82) is 0 Å². The van der Waals surface area contributed by atoms with Crippen LogP contribution < -0.4 is 0 Å². The molecule has 1 aliphatic rings. The van der Waals surface area contributed by atoms with Crippen LogP contribution in [0.15, 0.2) is 0 Å². The van der Waals surface area contributed by atoms with Crippen LogP contribution in [0.2, 0.25) is 0 Å². The summed E-state index contributed by atoms with van der Waals surface area (Å²) >= 11 is 3.79. The van der Waals surface area contributed by atoms with Gasteiger partial charge in [0.15, 0.2) is 0 Å². The molecule has 0 bridgehead atoms. The maximum absolute atomic E-state index is 3.79. The van der Waals surface area contributed by atoms with E-state index in [1.54, 1.807) is 0 Å². The van der Waals surface area contributed by atoms with E-state index in [9.17, 15) is 0 Å². The summed E-state index contributed by atoms with van der Waals surface area (Å²) in [7, 11) is 0. The zero-order valence-electron chi connectivity index (χ0n) is 10.3. The Bertz CT molecular complexity index is 161. The van der Waals surface area contributed by atoms with Crippen LogP contribution >= 0.6 is 15.9 Å². The summed E-state index contributed by atoms with van der Waals surface area (Å²) in [6.07, 6.45) is 8.38. The number of piperidine rings is 1. The molecule has 15 heavy (non-hydrogen) atoms. The molecule has 1 saturated heterocycles. The van der Waals surface area contributed by atoms with Crippen LogP contribution in [0.5, 0.6) is 0 Å². The van der Waals surface area contributed by atoms with Crippen molar-refractivity contribution in [3.63, 3.8) is 0 Å². The third kappa shape index (κ3) is 5.35. The molecule has 2 atom stereocenters. The molecule has 0 amide bonds. The number of hydrogen-bond donors (Lipinski definition) is 0. The van der Waals surface area contributed by atoms with Gasteiger partial charge in [0, 0.05) is 11.4 Å². The van der Waals surface area contributed by atoms with Crippen molar-refractivity contribution >= 4 is 15.9 Å². The van der Waals surface area contributed by atoms with Crippen molar-refractivity contribution in [2.24, 2.45) is 5.92 Å². The molecule has 0 saturated carbocycles. The zero-order valence-corrected chi connectivity index (χ0v) is 11.9. The number of nitrogens with zero attached hydrogens (tertiary/aromatic N) is 1. The molecule has 0 aliphatic carbocycles. The van der Waals surface area contributed by atoms with Crippen molar-refractivity contribution in [2.75, 3.05) is 19.6 Å². The highest BCUT2D eigenvalue weighted by Crippen LogP contribution is 2.23. The summed E-state index contributed by atoms with van der Waals surface area (Å²) < 4.78 is 0. The molecule has 0 aromatic carbocycles. The SMILES string of the molecule is CCCCCCCN1CCC(C)C(Br)C1. The molecule has 0 N–H and O–H groups in total. The van der Waals surface area contributed by atoms with Gasteiger partial charge in [0.1, 0.15) is 0 Å². The highest BCUT2D eigenvalue weighted by molar-refractivity contribution is 9.09. The predicted molar refractivity (Wildman–Crippen MR) is 71.7 cm³/mol. The van der Waals surface area contributed by atoms with Crippen molar-refractivity contribution in [3.8, 4) is 0 Å². The van der Waals surface area contributed by atoms with Gasteiger partial charge < -0.3 is 4.90 Å². The van der Waals surface area contributed by atoms with Crippen LogP contribution in [0.1, 0.15) is 52.4 Å². The summed E-state index contributed by atoms with van der Waals surface area (Å²) in [4.78, 5) is 3.35. The standard InChI is InChI=1S/C13H26BrN/c1-3-4-5-6-7-9-15-10-8-12(2)13(14)11-15/h12-13H,3-11H2,1-2H3. The minimum atomic E-state index is 0.724. The maximum atomic E-state index is 3.79. The lowest BCUT2D eigenvalue weighted by molar-refractivity contribution is 0.197. The molecule has 0 aromatic heterocycles. The molecule has 1 heterocycles. The number of unbranched alkanes of at least 4 members (excludes halogenated alkanes) is 4. The van der Waals surface area contributed by atoms with Crippen LogP contribution in [0.3, 0.4) is 0 Å². The summed E-state index contributed by atoms with van der Waals surface area (Å²) in [5.41, 5.74) is 0. The highest BCUT2D eigenvalue weighted by atomic mass is 79.9. The molecular weight excluding hydrogens is 250 g/mol. The molecule has 1 rings (SSSR count). The molecule has 0 radical (unpaired) electrons.